The highest BCUT2D eigenvalue weighted by molar-refractivity contribution is 5.81. The molecular formula is C16H22FN5O4. The van der Waals surface area contributed by atoms with Crippen molar-refractivity contribution in [3.63, 3.8) is 0 Å². The zero-order valence-electron chi connectivity index (χ0n) is 14.8. The van der Waals surface area contributed by atoms with E-state index < -0.39 is 30.1 Å². The molecule has 10 heteroatoms. The summed E-state index contributed by atoms with van der Waals surface area (Å²) in [5.74, 6) is -0.126. The molecule has 0 radical (unpaired) electrons. The third-order valence-electron chi connectivity index (χ3n) is 4.34. The van der Waals surface area contributed by atoms with Crippen LogP contribution < -0.4 is 5.73 Å². The highest BCUT2D eigenvalue weighted by atomic mass is 19.1. The van der Waals surface area contributed by atoms with Crippen LogP contribution in [-0.2, 0) is 14.3 Å². The molecule has 1 saturated heterocycles. The summed E-state index contributed by atoms with van der Waals surface area (Å²) in [6, 6.07) is 0. The fourth-order valence-corrected chi connectivity index (χ4v) is 2.96. The Balaban J connectivity index is 1.80. The SMILES string of the molecule is CC(C)CC(=O)OC[C@H]1O[C@@H](n2cnc3c(N)ncnc32)[C@](C)(F)[C@@H]1O. The number of ether oxygens (including phenoxy) is 2. The van der Waals surface area contributed by atoms with Crippen LogP contribution in [0.1, 0.15) is 33.4 Å². The van der Waals surface area contributed by atoms with Crippen LogP contribution in [0.3, 0.4) is 0 Å². The number of hydrogen-bond acceptors (Lipinski definition) is 8. The number of rotatable bonds is 5. The van der Waals surface area contributed by atoms with Gasteiger partial charge in [0.05, 0.1) is 6.33 Å². The number of aliphatic hydroxyl groups excluding tert-OH is 1. The van der Waals surface area contributed by atoms with Crippen LogP contribution in [0.4, 0.5) is 10.2 Å². The zero-order valence-corrected chi connectivity index (χ0v) is 14.8. The largest absolute Gasteiger partial charge is 0.463 e. The van der Waals surface area contributed by atoms with Crippen LogP contribution in [0.15, 0.2) is 12.7 Å². The molecule has 4 atom stereocenters. The number of hydrogen-bond donors (Lipinski definition) is 2. The number of fused-ring (bicyclic) bond motifs is 1. The minimum absolute atomic E-state index is 0.138. The first-order chi connectivity index (χ1) is 12.2. The molecule has 1 aliphatic rings. The van der Waals surface area contributed by atoms with Crippen LogP contribution in [0.5, 0.6) is 0 Å². The molecule has 1 aliphatic heterocycles. The molecule has 3 heterocycles. The first-order valence-corrected chi connectivity index (χ1v) is 8.33. The number of aliphatic hydroxyl groups is 1. The molecular weight excluding hydrogens is 345 g/mol. The lowest BCUT2D eigenvalue weighted by molar-refractivity contribution is -0.150. The van der Waals surface area contributed by atoms with Gasteiger partial charge in [0.15, 0.2) is 23.4 Å². The lowest BCUT2D eigenvalue weighted by atomic mass is 9.98. The molecule has 0 aromatic carbocycles. The number of nitrogens with two attached hydrogens (primary N) is 1. The van der Waals surface area contributed by atoms with E-state index in [4.69, 9.17) is 15.2 Å². The molecule has 3 N–H and O–H groups in total. The number of alkyl halides is 1. The van der Waals surface area contributed by atoms with E-state index in [2.05, 4.69) is 15.0 Å². The first kappa shape index (κ1) is 18.5. The van der Waals surface area contributed by atoms with Crippen molar-refractivity contribution in [1.82, 2.24) is 19.5 Å². The Labute approximate surface area is 149 Å². The van der Waals surface area contributed by atoms with Gasteiger partial charge in [-0.25, -0.2) is 19.3 Å². The molecule has 0 saturated carbocycles. The third-order valence-corrected chi connectivity index (χ3v) is 4.34. The summed E-state index contributed by atoms with van der Waals surface area (Å²) in [6.07, 6.45) is -0.897. The number of carbonyl (C=O) groups excluding carboxylic acids is 1. The number of imidazole rings is 1. The van der Waals surface area contributed by atoms with E-state index in [1.807, 2.05) is 13.8 Å². The Morgan fingerprint density at radius 1 is 1.50 bits per heavy atom. The summed E-state index contributed by atoms with van der Waals surface area (Å²) in [5.41, 5.74) is 4.19. The average molecular weight is 367 g/mol. The summed E-state index contributed by atoms with van der Waals surface area (Å²) in [5, 5.41) is 10.3. The number of nitrogens with zero attached hydrogens (tertiary/aromatic N) is 4. The van der Waals surface area contributed by atoms with Gasteiger partial charge in [0.1, 0.15) is 30.7 Å². The van der Waals surface area contributed by atoms with Crippen molar-refractivity contribution in [2.75, 3.05) is 12.3 Å². The van der Waals surface area contributed by atoms with E-state index in [0.29, 0.717) is 5.52 Å². The quantitative estimate of drug-likeness (QED) is 0.749. The Morgan fingerprint density at radius 2 is 2.23 bits per heavy atom. The number of aromatic nitrogens is 4. The highest BCUT2D eigenvalue weighted by Crippen LogP contribution is 2.42. The van der Waals surface area contributed by atoms with Crippen LogP contribution in [0, 0.1) is 5.92 Å². The van der Waals surface area contributed by atoms with Crippen molar-refractivity contribution in [3.05, 3.63) is 12.7 Å². The second-order valence-corrected chi connectivity index (χ2v) is 6.99. The summed E-state index contributed by atoms with van der Waals surface area (Å²) >= 11 is 0. The molecule has 0 aliphatic carbocycles. The predicted molar refractivity (Wildman–Crippen MR) is 89.6 cm³/mol. The van der Waals surface area contributed by atoms with Gasteiger partial charge in [0, 0.05) is 6.42 Å². The van der Waals surface area contributed by atoms with Crippen molar-refractivity contribution in [1.29, 1.82) is 0 Å². The molecule has 0 spiro atoms. The van der Waals surface area contributed by atoms with Crippen molar-refractivity contribution < 1.29 is 23.8 Å². The first-order valence-electron chi connectivity index (χ1n) is 8.33. The van der Waals surface area contributed by atoms with E-state index in [0.717, 1.165) is 0 Å². The van der Waals surface area contributed by atoms with E-state index in [1.54, 1.807) is 0 Å². The third kappa shape index (κ3) is 3.21. The van der Waals surface area contributed by atoms with E-state index in [1.165, 1.54) is 24.1 Å². The maximum atomic E-state index is 15.2. The Morgan fingerprint density at radius 3 is 2.92 bits per heavy atom. The lowest BCUT2D eigenvalue weighted by Crippen LogP contribution is -2.41. The Kier molecular flexibility index (Phi) is 4.80. The second kappa shape index (κ2) is 6.76. The minimum Gasteiger partial charge on any atom is -0.463 e. The number of nitrogen functional groups attached to an aromatic ring is 1. The van der Waals surface area contributed by atoms with Crippen LogP contribution in [0.2, 0.25) is 0 Å². The molecule has 1 fully saturated rings. The molecule has 2 aromatic heterocycles. The Hall–Kier alpha value is -2.33. The summed E-state index contributed by atoms with van der Waals surface area (Å²) in [7, 11) is 0. The number of esters is 1. The average Bonchev–Trinajstić information content (AvgIpc) is 3.07. The summed E-state index contributed by atoms with van der Waals surface area (Å²) < 4.78 is 27.3. The van der Waals surface area contributed by atoms with E-state index >= 15 is 4.39 Å². The van der Waals surface area contributed by atoms with Crippen LogP contribution >= 0.6 is 0 Å². The van der Waals surface area contributed by atoms with Crippen molar-refractivity contribution >= 4 is 23.0 Å². The zero-order chi connectivity index (χ0) is 19.1. The molecule has 9 nitrogen and oxygen atoms in total. The van der Waals surface area contributed by atoms with E-state index in [9.17, 15) is 9.90 Å². The lowest BCUT2D eigenvalue weighted by Gasteiger charge is -2.24. The standard InChI is InChI=1S/C16H22FN5O4/c1-8(2)4-10(23)25-5-9-12(24)16(3,17)15(26-9)22-7-21-11-13(18)19-6-20-14(11)22/h6-9,12,15,24H,4-5H2,1-3H3,(H2,18,19,20)/t9-,12-,15-,16-/m1/s1. The van der Waals surface area contributed by atoms with Crippen molar-refractivity contribution in [2.24, 2.45) is 5.92 Å². The smallest absolute Gasteiger partial charge is 0.306 e. The number of halogens is 1. The van der Waals surface area contributed by atoms with Crippen LogP contribution in [0.25, 0.3) is 11.2 Å². The molecule has 0 amide bonds. The number of anilines is 1. The van der Waals surface area contributed by atoms with Gasteiger partial charge in [0.25, 0.3) is 0 Å². The van der Waals surface area contributed by atoms with Gasteiger partial charge in [-0.3, -0.25) is 9.36 Å². The van der Waals surface area contributed by atoms with E-state index in [-0.39, 0.29) is 30.4 Å². The van der Waals surface area contributed by atoms with Gasteiger partial charge in [-0.15, -0.1) is 0 Å². The van der Waals surface area contributed by atoms with Gasteiger partial charge >= 0.3 is 5.97 Å². The number of carbonyl (C=O) groups is 1. The Bertz CT molecular complexity index is 809. The molecule has 142 valence electrons. The highest BCUT2D eigenvalue weighted by Gasteiger charge is 2.55. The summed E-state index contributed by atoms with van der Waals surface area (Å²) in [4.78, 5) is 23.7. The van der Waals surface area contributed by atoms with Gasteiger partial charge in [0.2, 0.25) is 0 Å². The van der Waals surface area contributed by atoms with Gasteiger partial charge in [-0.2, -0.15) is 0 Å². The fraction of sp³-hybridized carbons (Fsp3) is 0.625. The second-order valence-electron chi connectivity index (χ2n) is 6.99. The van der Waals surface area contributed by atoms with Crippen molar-refractivity contribution in [2.45, 2.75) is 51.3 Å². The fourth-order valence-electron chi connectivity index (χ4n) is 2.96. The van der Waals surface area contributed by atoms with Gasteiger partial charge in [-0.05, 0) is 12.8 Å². The van der Waals surface area contributed by atoms with Crippen molar-refractivity contribution in [3.8, 4) is 0 Å². The predicted octanol–water partition coefficient (Wildman–Crippen LogP) is 0.984. The molecule has 0 unspecified atom stereocenters. The molecule has 3 rings (SSSR count). The topological polar surface area (TPSA) is 125 Å². The molecule has 2 aromatic rings. The summed E-state index contributed by atoms with van der Waals surface area (Å²) in [6.45, 7) is 4.74. The normalized spacial score (nSPS) is 28.8. The maximum absolute atomic E-state index is 15.2. The molecule has 0 bridgehead atoms. The molecule has 26 heavy (non-hydrogen) atoms. The monoisotopic (exact) mass is 367 g/mol. The van der Waals surface area contributed by atoms with Gasteiger partial charge < -0.3 is 20.3 Å². The maximum Gasteiger partial charge on any atom is 0.306 e. The van der Waals surface area contributed by atoms with Gasteiger partial charge in [-0.1, -0.05) is 13.8 Å². The van der Waals surface area contributed by atoms with Crippen LogP contribution in [-0.4, -0.2) is 55.1 Å². The minimum atomic E-state index is -2.15.